The Balaban J connectivity index is 1.76. The Bertz CT molecular complexity index is 884. The van der Waals surface area contributed by atoms with Gasteiger partial charge in [0, 0.05) is 5.70 Å². The number of hydrogen-bond acceptors (Lipinski definition) is 4. The van der Waals surface area contributed by atoms with Crippen molar-refractivity contribution in [2.24, 2.45) is 0 Å². The molecule has 1 aliphatic heterocycles. The van der Waals surface area contributed by atoms with Crippen molar-refractivity contribution in [2.75, 3.05) is 12.4 Å². The van der Waals surface area contributed by atoms with E-state index in [2.05, 4.69) is 21.5 Å². The van der Waals surface area contributed by atoms with Crippen LogP contribution in [-0.2, 0) is 0 Å². The molecule has 0 saturated heterocycles. The fourth-order valence-corrected chi connectivity index (χ4v) is 2.77. The first-order chi connectivity index (χ1) is 11.7. The van der Waals surface area contributed by atoms with E-state index >= 15 is 0 Å². The average Bonchev–Trinajstić information content (AvgIpc) is 3.10. The minimum atomic E-state index is -0.258. The quantitative estimate of drug-likeness (QED) is 0.802. The Morgan fingerprint density at radius 3 is 2.54 bits per heavy atom. The molecule has 120 valence electrons. The van der Waals surface area contributed by atoms with Gasteiger partial charge < -0.3 is 10.1 Å². The van der Waals surface area contributed by atoms with E-state index in [0.29, 0.717) is 5.95 Å². The van der Waals surface area contributed by atoms with Crippen LogP contribution in [0.3, 0.4) is 0 Å². The molecule has 0 fully saturated rings. The van der Waals surface area contributed by atoms with Crippen LogP contribution in [0, 0.1) is 5.82 Å². The summed E-state index contributed by atoms with van der Waals surface area (Å²) >= 11 is 0. The van der Waals surface area contributed by atoms with E-state index in [9.17, 15) is 4.39 Å². The highest BCUT2D eigenvalue weighted by atomic mass is 19.1. The van der Waals surface area contributed by atoms with E-state index in [1.165, 1.54) is 18.5 Å². The number of rotatable bonds is 3. The lowest BCUT2D eigenvalue weighted by molar-refractivity contribution is 0.415. The van der Waals surface area contributed by atoms with Gasteiger partial charge >= 0.3 is 0 Å². The zero-order valence-electron chi connectivity index (χ0n) is 13.0. The molecule has 1 aromatic heterocycles. The lowest BCUT2D eigenvalue weighted by Gasteiger charge is -2.24. The number of aromatic nitrogens is 3. The first kappa shape index (κ1) is 14.4. The standard InChI is InChI=1S/C18H15FN4O/c1-24-15-8-4-12(5-9-15)16-10-17(13-2-6-14(19)7-3-13)23-18(22-16)20-11-21-23/h2-11,17H,1H3,(H,20,21,22)/t17-/m1/s1. The summed E-state index contributed by atoms with van der Waals surface area (Å²) in [4.78, 5) is 4.26. The molecule has 1 N–H and O–H groups in total. The molecule has 0 saturated carbocycles. The summed E-state index contributed by atoms with van der Waals surface area (Å²) in [6.07, 6.45) is 3.56. The van der Waals surface area contributed by atoms with Gasteiger partial charge in [0.2, 0.25) is 5.95 Å². The third kappa shape index (κ3) is 2.52. The number of anilines is 1. The van der Waals surface area contributed by atoms with Crippen molar-refractivity contribution in [2.45, 2.75) is 6.04 Å². The van der Waals surface area contributed by atoms with Crippen molar-refractivity contribution in [3.63, 3.8) is 0 Å². The van der Waals surface area contributed by atoms with E-state index in [0.717, 1.165) is 22.6 Å². The first-order valence-electron chi connectivity index (χ1n) is 7.53. The first-order valence-corrected chi connectivity index (χ1v) is 7.53. The summed E-state index contributed by atoms with van der Waals surface area (Å²) in [6, 6.07) is 14.0. The van der Waals surface area contributed by atoms with E-state index in [4.69, 9.17) is 4.74 Å². The Labute approximate surface area is 138 Å². The van der Waals surface area contributed by atoms with Crippen LogP contribution >= 0.6 is 0 Å². The van der Waals surface area contributed by atoms with Crippen molar-refractivity contribution in [1.29, 1.82) is 0 Å². The van der Waals surface area contributed by atoms with Crippen LogP contribution in [0.5, 0.6) is 5.75 Å². The van der Waals surface area contributed by atoms with Gasteiger partial charge in [-0.25, -0.2) is 9.07 Å². The molecule has 24 heavy (non-hydrogen) atoms. The zero-order chi connectivity index (χ0) is 16.5. The van der Waals surface area contributed by atoms with Gasteiger partial charge in [-0.1, -0.05) is 12.1 Å². The third-order valence-corrected chi connectivity index (χ3v) is 4.02. The van der Waals surface area contributed by atoms with Crippen LogP contribution in [0.4, 0.5) is 10.3 Å². The molecular formula is C18H15FN4O. The molecule has 0 amide bonds. The molecule has 1 atom stereocenters. The molecule has 1 aliphatic rings. The molecule has 4 rings (SSSR count). The van der Waals surface area contributed by atoms with E-state index in [-0.39, 0.29) is 11.9 Å². The molecule has 0 spiro atoms. The Morgan fingerprint density at radius 1 is 1.08 bits per heavy atom. The molecule has 0 bridgehead atoms. The molecule has 6 heteroatoms. The number of allylic oxidation sites excluding steroid dienone is 1. The van der Waals surface area contributed by atoms with Crippen LogP contribution in [0.25, 0.3) is 5.70 Å². The highest BCUT2D eigenvalue weighted by Gasteiger charge is 2.23. The Hall–Kier alpha value is -3.15. The number of fused-ring (bicyclic) bond motifs is 1. The van der Waals surface area contributed by atoms with Gasteiger partial charge in [-0.05, 0) is 53.6 Å². The molecule has 2 aromatic carbocycles. The van der Waals surface area contributed by atoms with Crippen molar-refractivity contribution >= 4 is 11.6 Å². The smallest absolute Gasteiger partial charge is 0.226 e. The molecule has 5 nitrogen and oxygen atoms in total. The fourth-order valence-electron chi connectivity index (χ4n) is 2.77. The fraction of sp³-hybridized carbons (Fsp3) is 0.111. The summed E-state index contributed by atoms with van der Waals surface area (Å²) in [6.45, 7) is 0. The number of halogens is 1. The van der Waals surface area contributed by atoms with Gasteiger partial charge in [0.1, 0.15) is 23.9 Å². The number of nitrogens with zero attached hydrogens (tertiary/aromatic N) is 3. The Morgan fingerprint density at radius 2 is 1.83 bits per heavy atom. The number of methoxy groups -OCH3 is 1. The normalized spacial score (nSPS) is 16.1. The maximum absolute atomic E-state index is 13.2. The summed E-state index contributed by atoms with van der Waals surface area (Å²) < 4.78 is 20.2. The minimum Gasteiger partial charge on any atom is -0.497 e. The average molecular weight is 322 g/mol. The summed E-state index contributed by atoms with van der Waals surface area (Å²) in [5, 5.41) is 7.55. The van der Waals surface area contributed by atoms with Crippen LogP contribution in [0.15, 0.2) is 60.9 Å². The lowest BCUT2D eigenvalue weighted by Crippen LogP contribution is -2.20. The van der Waals surface area contributed by atoms with Gasteiger partial charge in [0.15, 0.2) is 0 Å². The summed E-state index contributed by atoms with van der Waals surface area (Å²) in [7, 11) is 1.64. The molecular weight excluding hydrogens is 307 g/mol. The van der Waals surface area contributed by atoms with Gasteiger partial charge in [0.05, 0.1) is 7.11 Å². The van der Waals surface area contributed by atoms with Crippen molar-refractivity contribution in [3.05, 3.63) is 77.9 Å². The second kappa shape index (κ2) is 5.81. The third-order valence-electron chi connectivity index (χ3n) is 4.02. The summed E-state index contributed by atoms with van der Waals surface area (Å²) in [5.41, 5.74) is 2.88. The van der Waals surface area contributed by atoms with E-state index < -0.39 is 0 Å². The number of ether oxygens (including phenoxy) is 1. The van der Waals surface area contributed by atoms with Gasteiger partial charge in [0.25, 0.3) is 0 Å². The van der Waals surface area contributed by atoms with Crippen molar-refractivity contribution in [3.8, 4) is 5.75 Å². The maximum Gasteiger partial charge on any atom is 0.226 e. The van der Waals surface area contributed by atoms with E-state index in [1.807, 2.05) is 24.3 Å². The zero-order valence-corrected chi connectivity index (χ0v) is 13.0. The highest BCUT2D eigenvalue weighted by molar-refractivity contribution is 5.77. The monoisotopic (exact) mass is 322 g/mol. The molecule has 0 aliphatic carbocycles. The maximum atomic E-state index is 13.2. The van der Waals surface area contributed by atoms with Crippen molar-refractivity contribution < 1.29 is 9.13 Å². The van der Waals surface area contributed by atoms with Crippen LogP contribution in [0.1, 0.15) is 17.2 Å². The van der Waals surface area contributed by atoms with Gasteiger partial charge in [-0.2, -0.15) is 10.1 Å². The second-order valence-electron chi connectivity index (χ2n) is 5.46. The predicted molar refractivity (Wildman–Crippen MR) is 89.2 cm³/mol. The number of benzene rings is 2. The van der Waals surface area contributed by atoms with Crippen LogP contribution in [-0.4, -0.2) is 21.9 Å². The number of nitrogens with one attached hydrogen (secondary N) is 1. The SMILES string of the molecule is COc1ccc(C2=C[C@H](c3ccc(F)cc3)n3ncnc3N2)cc1. The largest absolute Gasteiger partial charge is 0.497 e. The highest BCUT2D eigenvalue weighted by Crippen LogP contribution is 2.32. The minimum absolute atomic E-state index is 0.151. The lowest BCUT2D eigenvalue weighted by atomic mass is 10.0. The molecule has 0 radical (unpaired) electrons. The van der Waals surface area contributed by atoms with Crippen LogP contribution < -0.4 is 10.1 Å². The van der Waals surface area contributed by atoms with Crippen LogP contribution in [0.2, 0.25) is 0 Å². The Kier molecular flexibility index (Phi) is 3.49. The van der Waals surface area contributed by atoms with E-state index in [1.54, 1.807) is 23.9 Å². The van der Waals surface area contributed by atoms with Gasteiger partial charge in [-0.3, -0.25) is 0 Å². The number of hydrogen-bond donors (Lipinski definition) is 1. The summed E-state index contributed by atoms with van der Waals surface area (Å²) in [5.74, 6) is 1.19. The molecule has 2 heterocycles. The second-order valence-corrected chi connectivity index (χ2v) is 5.46. The predicted octanol–water partition coefficient (Wildman–Crippen LogP) is 3.48. The molecule has 3 aromatic rings. The topological polar surface area (TPSA) is 52.0 Å². The van der Waals surface area contributed by atoms with Gasteiger partial charge in [-0.15, -0.1) is 0 Å². The molecule has 0 unspecified atom stereocenters. The van der Waals surface area contributed by atoms with Crippen molar-refractivity contribution in [1.82, 2.24) is 14.8 Å².